The second-order valence-corrected chi connectivity index (χ2v) is 7.70. The largest absolute Gasteiger partial charge is 0.360 e. The van der Waals surface area contributed by atoms with Crippen LogP contribution in [-0.4, -0.2) is 0 Å². The van der Waals surface area contributed by atoms with E-state index >= 15 is 0 Å². The Morgan fingerprint density at radius 1 is 1.00 bits per heavy atom. The lowest BCUT2D eigenvalue weighted by atomic mass is 9.72. The van der Waals surface area contributed by atoms with Crippen molar-refractivity contribution in [1.82, 2.24) is 0 Å². The van der Waals surface area contributed by atoms with Gasteiger partial charge >= 0.3 is 11.3 Å². The molecule has 0 amide bonds. The predicted octanol–water partition coefficient (Wildman–Crippen LogP) is 6.02. The van der Waals surface area contributed by atoms with Gasteiger partial charge in [-0.1, -0.05) is 45.0 Å². The standard InChI is InChI=1S/C21H23O/c1-21(2,3)16-10-8-15-12-18-17-7-5-4-6-14(17)9-11-19(18)22-20(15)13-16/h4-7,9,11-12,16H,8,10,13H2,1-3H3/q+1. The van der Waals surface area contributed by atoms with E-state index < -0.39 is 0 Å². The molecule has 0 saturated carbocycles. The zero-order valence-corrected chi connectivity index (χ0v) is 13.6. The number of benzene rings is 2. The first kappa shape index (κ1) is 13.8. The van der Waals surface area contributed by atoms with Gasteiger partial charge in [0, 0.05) is 6.07 Å². The molecule has 1 unspecified atom stereocenters. The molecular formula is C21H23O+. The van der Waals surface area contributed by atoms with Crippen LogP contribution in [0.2, 0.25) is 0 Å². The molecule has 2 aromatic carbocycles. The molecule has 0 saturated heterocycles. The number of rotatable bonds is 0. The molecule has 1 heterocycles. The van der Waals surface area contributed by atoms with Crippen molar-refractivity contribution in [3.05, 3.63) is 53.8 Å². The summed E-state index contributed by atoms with van der Waals surface area (Å²) < 4.78 is 6.32. The molecule has 1 aliphatic carbocycles. The van der Waals surface area contributed by atoms with Crippen molar-refractivity contribution < 1.29 is 4.42 Å². The molecule has 3 aromatic rings. The minimum atomic E-state index is 0.353. The predicted molar refractivity (Wildman–Crippen MR) is 93.1 cm³/mol. The SMILES string of the molecule is CC(C)(C)C1CCc2cc3c(ccc4ccccc43)[o+]c2C1. The third kappa shape index (κ3) is 2.20. The minimum absolute atomic E-state index is 0.353. The Hall–Kier alpha value is -1.89. The lowest BCUT2D eigenvalue weighted by Crippen LogP contribution is -2.26. The molecule has 0 aliphatic heterocycles. The highest BCUT2D eigenvalue weighted by atomic mass is 16.3. The van der Waals surface area contributed by atoms with E-state index in [2.05, 4.69) is 63.2 Å². The lowest BCUT2D eigenvalue weighted by molar-refractivity contribution is 0.202. The van der Waals surface area contributed by atoms with E-state index in [1.54, 1.807) is 0 Å². The number of hydrogen-bond acceptors (Lipinski definition) is 0. The molecule has 0 spiro atoms. The summed E-state index contributed by atoms with van der Waals surface area (Å²) in [6, 6.07) is 15.2. The van der Waals surface area contributed by atoms with Gasteiger partial charge in [0.15, 0.2) is 0 Å². The first-order valence-corrected chi connectivity index (χ1v) is 8.29. The van der Waals surface area contributed by atoms with Crippen molar-refractivity contribution in [3.8, 4) is 0 Å². The molecule has 0 bridgehead atoms. The Balaban J connectivity index is 1.88. The van der Waals surface area contributed by atoms with Gasteiger partial charge in [0.25, 0.3) is 0 Å². The molecule has 0 fully saturated rings. The Morgan fingerprint density at radius 3 is 2.64 bits per heavy atom. The van der Waals surface area contributed by atoms with E-state index in [-0.39, 0.29) is 0 Å². The molecule has 0 radical (unpaired) electrons. The highest BCUT2D eigenvalue weighted by Crippen LogP contribution is 2.39. The van der Waals surface area contributed by atoms with Crippen molar-refractivity contribution in [2.24, 2.45) is 11.3 Å². The molecule has 1 atom stereocenters. The van der Waals surface area contributed by atoms with Gasteiger partial charge in [0.05, 0.1) is 17.4 Å². The number of hydrogen-bond donors (Lipinski definition) is 0. The zero-order chi connectivity index (χ0) is 15.3. The van der Waals surface area contributed by atoms with E-state index in [1.807, 2.05) is 0 Å². The van der Waals surface area contributed by atoms with Gasteiger partial charge < -0.3 is 0 Å². The van der Waals surface area contributed by atoms with Gasteiger partial charge in [-0.05, 0) is 47.1 Å². The Bertz CT molecular complexity index is 855. The van der Waals surface area contributed by atoms with Gasteiger partial charge in [0.1, 0.15) is 0 Å². The Kier molecular flexibility index (Phi) is 3.00. The molecule has 0 N–H and O–H groups in total. The average molecular weight is 291 g/mol. The van der Waals surface area contributed by atoms with Crippen LogP contribution in [0.3, 0.4) is 0 Å². The molecule has 1 nitrogen and oxygen atoms in total. The molecule has 1 heteroatoms. The first-order valence-electron chi connectivity index (χ1n) is 8.29. The van der Waals surface area contributed by atoms with Gasteiger partial charge in [-0.15, -0.1) is 0 Å². The third-order valence-corrected chi connectivity index (χ3v) is 5.26. The van der Waals surface area contributed by atoms with E-state index in [9.17, 15) is 0 Å². The lowest BCUT2D eigenvalue weighted by Gasteiger charge is -2.31. The fourth-order valence-electron chi connectivity index (χ4n) is 3.75. The average Bonchev–Trinajstić information content (AvgIpc) is 2.51. The summed E-state index contributed by atoms with van der Waals surface area (Å²) in [6.45, 7) is 7.03. The first-order chi connectivity index (χ1) is 10.5. The van der Waals surface area contributed by atoms with E-state index in [4.69, 9.17) is 4.42 Å². The monoisotopic (exact) mass is 291 g/mol. The summed E-state index contributed by atoms with van der Waals surface area (Å²) in [5, 5.41) is 3.84. The molecule has 22 heavy (non-hydrogen) atoms. The highest BCUT2D eigenvalue weighted by molar-refractivity contribution is 6.05. The summed E-state index contributed by atoms with van der Waals surface area (Å²) in [4.78, 5) is 0. The van der Waals surface area contributed by atoms with Crippen molar-refractivity contribution in [3.63, 3.8) is 0 Å². The van der Waals surface area contributed by atoms with Crippen LogP contribution < -0.4 is 0 Å². The molecule has 1 aliphatic rings. The maximum atomic E-state index is 6.32. The van der Waals surface area contributed by atoms with Crippen LogP contribution >= 0.6 is 0 Å². The van der Waals surface area contributed by atoms with Gasteiger partial charge in [-0.2, -0.15) is 0 Å². The van der Waals surface area contributed by atoms with Crippen LogP contribution in [0.4, 0.5) is 0 Å². The van der Waals surface area contributed by atoms with Crippen molar-refractivity contribution in [1.29, 1.82) is 0 Å². The topological polar surface area (TPSA) is 11.3 Å². The maximum absolute atomic E-state index is 6.32. The van der Waals surface area contributed by atoms with Crippen LogP contribution in [-0.2, 0) is 12.8 Å². The zero-order valence-electron chi connectivity index (χ0n) is 13.6. The van der Waals surface area contributed by atoms with Crippen LogP contribution in [0.5, 0.6) is 0 Å². The van der Waals surface area contributed by atoms with Crippen LogP contribution in [0.1, 0.15) is 38.5 Å². The third-order valence-electron chi connectivity index (χ3n) is 5.26. The Morgan fingerprint density at radius 2 is 1.82 bits per heavy atom. The summed E-state index contributed by atoms with van der Waals surface area (Å²) in [5.41, 5.74) is 2.78. The summed E-state index contributed by atoms with van der Waals surface area (Å²) in [6.07, 6.45) is 3.48. The fraction of sp³-hybridized carbons (Fsp3) is 0.381. The Labute approximate surface area is 132 Å². The van der Waals surface area contributed by atoms with Crippen molar-refractivity contribution in [2.75, 3.05) is 0 Å². The summed E-state index contributed by atoms with van der Waals surface area (Å²) >= 11 is 0. The maximum Gasteiger partial charge on any atom is 0.360 e. The van der Waals surface area contributed by atoms with Crippen molar-refractivity contribution >= 4 is 21.7 Å². The van der Waals surface area contributed by atoms with Crippen LogP contribution in [0.25, 0.3) is 21.7 Å². The molecule has 1 aromatic heterocycles. The van der Waals surface area contributed by atoms with Gasteiger partial charge in [-0.25, -0.2) is 4.42 Å². The normalized spacial score (nSPS) is 18.6. The highest BCUT2D eigenvalue weighted by Gasteiger charge is 2.34. The van der Waals surface area contributed by atoms with Gasteiger partial charge in [0.2, 0.25) is 0 Å². The van der Waals surface area contributed by atoms with Crippen LogP contribution in [0, 0.1) is 11.3 Å². The van der Waals surface area contributed by atoms with E-state index in [0.717, 1.165) is 18.4 Å². The molecular weight excluding hydrogens is 268 g/mol. The molecule has 4 rings (SSSR count). The van der Waals surface area contributed by atoms with Crippen molar-refractivity contribution in [2.45, 2.75) is 40.0 Å². The second kappa shape index (κ2) is 4.81. The smallest absolute Gasteiger partial charge is 0.212 e. The van der Waals surface area contributed by atoms with E-state index in [0.29, 0.717) is 11.3 Å². The second-order valence-electron chi connectivity index (χ2n) is 7.70. The quantitative estimate of drug-likeness (QED) is 0.364. The van der Waals surface area contributed by atoms with Gasteiger partial charge in [-0.3, -0.25) is 0 Å². The number of fused-ring (bicyclic) bond motifs is 4. The summed E-state index contributed by atoms with van der Waals surface area (Å²) in [5.74, 6) is 1.91. The summed E-state index contributed by atoms with van der Waals surface area (Å²) in [7, 11) is 0. The minimum Gasteiger partial charge on any atom is -0.212 e. The van der Waals surface area contributed by atoms with E-state index in [1.165, 1.54) is 33.9 Å². The number of aryl methyl sites for hydroxylation is 1. The fourth-order valence-corrected chi connectivity index (χ4v) is 3.75. The molecule has 112 valence electrons. The van der Waals surface area contributed by atoms with Crippen LogP contribution in [0.15, 0.2) is 46.9 Å².